The van der Waals surface area contributed by atoms with Gasteiger partial charge in [-0.1, -0.05) is 146 Å². The van der Waals surface area contributed by atoms with Crippen LogP contribution < -0.4 is 0 Å². The summed E-state index contributed by atoms with van der Waals surface area (Å²) in [5.41, 5.74) is 7.62. The Bertz CT molecular complexity index is 2530. The lowest BCUT2D eigenvalue weighted by Gasteiger charge is -2.13. The zero-order valence-corrected chi connectivity index (χ0v) is 26.3. The van der Waals surface area contributed by atoms with E-state index < -0.39 is 0 Å². The fraction of sp³-hybridized carbons (Fsp3) is 0.0444. The summed E-state index contributed by atoms with van der Waals surface area (Å²) < 4.78 is 0. The summed E-state index contributed by atoms with van der Waals surface area (Å²) in [5, 5.41) is 7.71. The van der Waals surface area contributed by atoms with Crippen LogP contribution in [0.15, 0.2) is 164 Å². The summed E-state index contributed by atoms with van der Waals surface area (Å²) in [6, 6.07) is 51.9. The molecule has 3 nitrogen and oxygen atoms in total. The average molecular weight is 614 g/mol. The zero-order valence-electron chi connectivity index (χ0n) is 26.3. The van der Waals surface area contributed by atoms with Crippen LogP contribution in [-0.4, -0.2) is 15.0 Å². The molecule has 0 saturated carbocycles. The van der Waals surface area contributed by atoms with Gasteiger partial charge < -0.3 is 0 Å². The third-order valence-electron chi connectivity index (χ3n) is 9.31. The van der Waals surface area contributed by atoms with E-state index in [1.54, 1.807) is 0 Å². The van der Waals surface area contributed by atoms with Gasteiger partial charge in [0.1, 0.15) is 0 Å². The van der Waals surface area contributed by atoms with Crippen LogP contribution in [0, 0.1) is 0 Å². The molecule has 1 aliphatic rings. The molecule has 7 aromatic carbocycles. The van der Waals surface area contributed by atoms with Gasteiger partial charge in [0.05, 0.1) is 0 Å². The number of allylic oxidation sites excluding steroid dienone is 4. The number of aromatic nitrogens is 3. The SMILES string of the molecule is C1=CC(c2nc(-c3ccccc3)nc(-c3cccc(-c4cccc(-c5ccc6c7ccccc7c7ccccc7c6c5)c4)c3)n2)=CCC1. The second-order valence-electron chi connectivity index (χ2n) is 12.3. The van der Waals surface area contributed by atoms with E-state index in [4.69, 9.17) is 15.0 Å². The first-order valence-corrected chi connectivity index (χ1v) is 16.5. The van der Waals surface area contributed by atoms with Gasteiger partial charge in [0, 0.05) is 16.7 Å². The first kappa shape index (κ1) is 28.1. The molecule has 1 heterocycles. The molecule has 9 rings (SSSR count). The molecule has 0 bridgehead atoms. The molecule has 1 aromatic heterocycles. The maximum absolute atomic E-state index is 4.99. The van der Waals surface area contributed by atoms with Crippen molar-refractivity contribution in [2.45, 2.75) is 12.8 Å². The van der Waals surface area contributed by atoms with Crippen LogP contribution in [0.1, 0.15) is 18.7 Å². The molecule has 226 valence electrons. The highest BCUT2D eigenvalue weighted by atomic mass is 15.0. The van der Waals surface area contributed by atoms with Crippen LogP contribution in [0.25, 0.3) is 82.9 Å². The van der Waals surface area contributed by atoms with Crippen LogP contribution in [0.4, 0.5) is 0 Å². The predicted octanol–water partition coefficient (Wildman–Crippen LogP) is 11.7. The monoisotopic (exact) mass is 613 g/mol. The lowest BCUT2D eigenvalue weighted by atomic mass is 9.91. The molecule has 0 fully saturated rings. The molecule has 0 amide bonds. The zero-order chi connectivity index (χ0) is 31.9. The van der Waals surface area contributed by atoms with E-state index in [0.29, 0.717) is 17.5 Å². The lowest BCUT2D eigenvalue weighted by Crippen LogP contribution is -2.03. The van der Waals surface area contributed by atoms with Crippen LogP contribution in [-0.2, 0) is 0 Å². The molecule has 0 aliphatic heterocycles. The van der Waals surface area contributed by atoms with E-state index >= 15 is 0 Å². The topological polar surface area (TPSA) is 38.7 Å². The molecule has 3 heteroatoms. The molecule has 0 N–H and O–H groups in total. The fourth-order valence-corrected chi connectivity index (χ4v) is 6.93. The summed E-state index contributed by atoms with van der Waals surface area (Å²) in [4.78, 5) is 14.9. The highest BCUT2D eigenvalue weighted by Crippen LogP contribution is 2.38. The van der Waals surface area contributed by atoms with Gasteiger partial charge in [-0.25, -0.2) is 15.0 Å². The number of hydrogen-bond donors (Lipinski definition) is 0. The van der Waals surface area contributed by atoms with Crippen molar-refractivity contribution in [2.75, 3.05) is 0 Å². The normalized spacial score (nSPS) is 12.9. The average Bonchev–Trinajstić information content (AvgIpc) is 3.18. The molecule has 8 aromatic rings. The van der Waals surface area contributed by atoms with E-state index in [0.717, 1.165) is 40.7 Å². The highest BCUT2D eigenvalue weighted by Gasteiger charge is 2.15. The fourth-order valence-electron chi connectivity index (χ4n) is 6.93. The van der Waals surface area contributed by atoms with Crippen LogP contribution in [0.3, 0.4) is 0 Å². The Morgan fingerprint density at radius 3 is 1.44 bits per heavy atom. The van der Waals surface area contributed by atoms with Crippen LogP contribution >= 0.6 is 0 Å². The number of hydrogen-bond acceptors (Lipinski definition) is 3. The maximum atomic E-state index is 4.99. The molecule has 48 heavy (non-hydrogen) atoms. The quantitative estimate of drug-likeness (QED) is 0.181. The lowest BCUT2D eigenvalue weighted by molar-refractivity contribution is 1.01. The van der Waals surface area contributed by atoms with E-state index in [-0.39, 0.29) is 0 Å². The van der Waals surface area contributed by atoms with Gasteiger partial charge >= 0.3 is 0 Å². The van der Waals surface area contributed by atoms with Gasteiger partial charge in [-0.15, -0.1) is 0 Å². The van der Waals surface area contributed by atoms with Crippen molar-refractivity contribution in [1.29, 1.82) is 0 Å². The second kappa shape index (κ2) is 11.9. The molecule has 1 aliphatic carbocycles. The maximum Gasteiger partial charge on any atom is 0.164 e. The van der Waals surface area contributed by atoms with Gasteiger partial charge in [0.15, 0.2) is 17.5 Å². The number of rotatable bonds is 5. The van der Waals surface area contributed by atoms with E-state index in [2.05, 4.69) is 133 Å². The molecular weight excluding hydrogens is 583 g/mol. The van der Waals surface area contributed by atoms with Crippen molar-refractivity contribution in [2.24, 2.45) is 0 Å². The van der Waals surface area contributed by atoms with Crippen molar-refractivity contribution in [3.05, 3.63) is 170 Å². The first-order valence-electron chi connectivity index (χ1n) is 16.5. The second-order valence-corrected chi connectivity index (χ2v) is 12.3. The Hall–Kier alpha value is -6.19. The number of fused-ring (bicyclic) bond motifs is 6. The minimum absolute atomic E-state index is 0.672. The van der Waals surface area contributed by atoms with Gasteiger partial charge in [0.2, 0.25) is 0 Å². The highest BCUT2D eigenvalue weighted by molar-refractivity contribution is 6.25. The third kappa shape index (κ3) is 5.06. The Kier molecular flexibility index (Phi) is 6.94. The molecule has 0 radical (unpaired) electrons. The van der Waals surface area contributed by atoms with Crippen molar-refractivity contribution in [3.63, 3.8) is 0 Å². The van der Waals surface area contributed by atoms with Crippen molar-refractivity contribution in [3.8, 4) is 45.0 Å². The Morgan fingerprint density at radius 1 is 0.333 bits per heavy atom. The van der Waals surface area contributed by atoms with Gasteiger partial charge in [-0.3, -0.25) is 0 Å². The smallest absolute Gasteiger partial charge is 0.164 e. The largest absolute Gasteiger partial charge is 0.208 e. The third-order valence-corrected chi connectivity index (χ3v) is 9.31. The van der Waals surface area contributed by atoms with Crippen LogP contribution in [0.2, 0.25) is 0 Å². The molecule has 0 unspecified atom stereocenters. The molecule has 0 atom stereocenters. The minimum atomic E-state index is 0.672. The summed E-state index contributed by atoms with van der Waals surface area (Å²) in [6.07, 6.45) is 8.56. The van der Waals surface area contributed by atoms with Gasteiger partial charge in [-0.05, 0) is 85.6 Å². The summed E-state index contributed by atoms with van der Waals surface area (Å²) >= 11 is 0. The Labute approximate surface area is 279 Å². The Balaban J connectivity index is 1.13. The molecule has 0 saturated heterocycles. The predicted molar refractivity (Wildman–Crippen MR) is 200 cm³/mol. The molecule has 0 spiro atoms. The summed E-state index contributed by atoms with van der Waals surface area (Å²) in [6.45, 7) is 0. The van der Waals surface area contributed by atoms with E-state index in [1.807, 2.05) is 30.3 Å². The summed E-state index contributed by atoms with van der Waals surface area (Å²) in [5.74, 6) is 2.06. The van der Waals surface area contributed by atoms with Crippen molar-refractivity contribution < 1.29 is 0 Å². The molecular formula is C45H31N3. The standard InChI is InChI=1S/C45H31N3/c1-3-13-30(14-4-1)43-46-44(31-15-5-2-6-16-31)48-45(47-43)36-20-12-19-34(28-36)32-17-11-18-33(27-32)35-25-26-41-39-23-8-7-21-37(39)38-22-9-10-24-40(38)42(41)29-35/h1,3-5,7-29H,2,6H2. The van der Waals surface area contributed by atoms with E-state index in [1.165, 1.54) is 43.4 Å². The van der Waals surface area contributed by atoms with Crippen molar-refractivity contribution in [1.82, 2.24) is 15.0 Å². The first-order chi connectivity index (χ1) is 23.8. The number of nitrogens with zero attached hydrogens (tertiary/aromatic N) is 3. The van der Waals surface area contributed by atoms with Gasteiger partial charge in [0.25, 0.3) is 0 Å². The van der Waals surface area contributed by atoms with Crippen LogP contribution in [0.5, 0.6) is 0 Å². The number of benzene rings is 7. The van der Waals surface area contributed by atoms with Gasteiger partial charge in [-0.2, -0.15) is 0 Å². The minimum Gasteiger partial charge on any atom is -0.208 e. The Morgan fingerprint density at radius 2 is 0.812 bits per heavy atom. The van der Waals surface area contributed by atoms with Crippen molar-refractivity contribution >= 4 is 37.9 Å². The summed E-state index contributed by atoms with van der Waals surface area (Å²) in [7, 11) is 0. The van der Waals surface area contributed by atoms with E-state index in [9.17, 15) is 0 Å².